The van der Waals surface area contributed by atoms with E-state index in [1.54, 1.807) is 0 Å². The van der Waals surface area contributed by atoms with Gasteiger partial charge < -0.3 is 0 Å². The molecule has 0 spiro atoms. The van der Waals surface area contributed by atoms with Gasteiger partial charge in [0.25, 0.3) is 0 Å². The molecule has 4 unspecified atom stereocenters. The number of hydrogen-bond donors (Lipinski definition) is 0. The van der Waals surface area contributed by atoms with Gasteiger partial charge in [0.2, 0.25) is 0 Å². The largest absolute Gasteiger partial charge is 0.0885 e. The molecule has 0 heteroatoms. The van der Waals surface area contributed by atoms with Crippen molar-refractivity contribution in [2.24, 2.45) is 23.7 Å². The molecule has 3 rings (SSSR count). The van der Waals surface area contributed by atoms with Crippen molar-refractivity contribution in [3.63, 3.8) is 0 Å². The third kappa shape index (κ3) is 2.26. The third-order valence-corrected chi connectivity index (χ3v) is 5.02. The zero-order chi connectivity index (χ0) is 10.8. The highest BCUT2D eigenvalue weighted by Gasteiger charge is 2.34. The zero-order valence-electron chi connectivity index (χ0n) is 10.3. The summed E-state index contributed by atoms with van der Waals surface area (Å²) in [6.45, 7) is 0. The Labute approximate surface area is 99.8 Å². The van der Waals surface area contributed by atoms with Gasteiger partial charge in [-0.3, -0.25) is 0 Å². The average Bonchev–Trinajstić information content (AvgIpc) is 2.63. The Morgan fingerprint density at radius 3 is 2.75 bits per heavy atom. The Morgan fingerprint density at radius 2 is 1.94 bits per heavy atom. The van der Waals surface area contributed by atoms with Crippen molar-refractivity contribution in [1.29, 1.82) is 0 Å². The fraction of sp³-hybridized carbons (Fsp3) is 0.750. The molecule has 0 aromatic carbocycles. The van der Waals surface area contributed by atoms with Gasteiger partial charge in [-0.15, -0.1) is 0 Å². The van der Waals surface area contributed by atoms with Gasteiger partial charge in [0.1, 0.15) is 0 Å². The van der Waals surface area contributed by atoms with Crippen molar-refractivity contribution in [1.82, 2.24) is 0 Å². The van der Waals surface area contributed by atoms with Crippen molar-refractivity contribution >= 4 is 0 Å². The summed E-state index contributed by atoms with van der Waals surface area (Å²) < 4.78 is 0. The highest BCUT2D eigenvalue weighted by atomic mass is 14.4. The smallest absolute Gasteiger partial charge is 0.0202 e. The van der Waals surface area contributed by atoms with E-state index in [0.717, 1.165) is 23.7 Å². The SMILES string of the molecule is C1=CCC(CCC2CC3CC=CC2C3)CC1. The highest BCUT2D eigenvalue weighted by molar-refractivity contribution is 5.04. The standard InChI is InChI=1S/C16H24/c1-2-5-13(6-3-1)9-10-16-12-14-7-4-8-15(16)11-14/h1-2,4,8,13-16H,3,5-7,9-12H2. The molecule has 0 aliphatic heterocycles. The minimum absolute atomic E-state index is 0.956. The van der Waals surface area contributed by atoms with Gasteiger partial charge >= 0.3 is 0 Å². The summed E-state index contributed by atoms with van der Waals surface area (Å²) >= 11 is 0. The second kappa shape index (κ2) is 4.77. The highest BCUT2D eigenvalue weighted by Crippen LogP contribution is 2.45. The van der Waals surface area contributed by atoms with Gasteiger partial charge in [0.05, 0.1) is 0 Å². The topological polar surface area (TPSA) is 0 Å². The van der Waals surface area contributed by atoms with Crippen LogP contribution in [-0.4, -0.2) is 0 Å². The van der Waals surface area contributed by atoms with Crippen molar-refractivity contribution < 1.29 is 0 Å². The van der Waals surface area contributed by atoms with E-state index in [2.05, 4.69) is 24.3 Å². The quantitative estimate of drug-likeness (QED) is 0.598. The lowest BCUT2D eigenvalue weighted by atomic mass is 9.84. The van der Waals surface area contributed by atoms with Crippen molar-refractivity contribution in [3.8, 4) is 0 Å². The molecule has 1 fully saturated rings. The van der Waals surface area contributed by atoms with E-state index in [1.165, 1.54) is 51.4 Å². The van der Waals surface area contributed by atoms with E-state index >= 15 is 0 Å². The Morgan fingerprint density at radius 1 is 0.938 bits per heavy atom. The molecule has 0 nitrogen and oxygen atoms in total. The summed E-state index contributed by atoms with van der Waals surface area (Å²) in [6.07, 6.45) is 21.3. The molecule has 16 heavy (non-hydrogen) atoms. The monoisotopic (exact) mass is 216 g/mol. The predicted molar refractivity (Wildman–Crippen MR) is 69.2 cm³/mol. The molecule has 0 aromatic rings. The second-order valence-electron chi connectivity index (χ2n) is 6.15. The molecule has 0 N–H and O–H groups in total. The first-order chi connectivity index (χ1) is 7.92. The van der Waals surface area contributed by atoms with Gasteiger partial charge in [0.15, 0.2) is 0 Å². The van der Waals surface area contributed by atoms with E-state index in [1.807, 2.05) is 0 Å². The van der Waals surface area contributed by atoms with E-state index in [0.29, 0.717) is 0 Å². The lowest BCUT2D eigenvalue weighted by molar-refractivity contribution is 0.346. The first-order valence-corrected chi connectivity index (χ1v) is 7.23. The molecular formula is C16H24. The minimum atomic E-state index is 0.956. The maximum atomic E-state index is 2.52. The number of allylic oxidation sites excluding steroid dienone is 4. The van der Waals surface area contributed by atoms with E-state index in [9.17, 15) is 0 Å². The Bertz CT molecular complexity index is 286. The molecule has 0 aromatic heterocycles. The van der Waals surface area contributed by atoms with Crippen LogP contribution in [0.2, 0.25) is 0 Å². The summed E-state index contributed by atoms with van der Waals surface area (Å²) in [5.74, 6) is 4.05. The van der Waals surface area contributed by atoms with Crippen LogP contribution in [0.4, 0.5) is 0 Å². The molecule has 0 saturated heterocycles. The van der Waals surface area contributed by atoms with E-state index in [-0.39, 0.29) is 0 Å². The Balaban J connectivity index is 1.48. The van der Waals surface area contributed by atoms with Crippen molar-refractivity contribution in [2.45, 2.75) is 51.4 Å². The first-order valence-electron chi connectivity index (χ1n) is 7.23. The molecule has 0 heterocycles. The first kappa shape index (κ1) is 10.6. The van der Waals surface area contributed by atoms with Gasteiger partial charge in [-0.2, -0.15) is 0 Å². The molecule has 4 atom stereocenters. The summed E-state index contributed by atoms with van der Waals surface area (Å²) in [7, 11) is 0. The van der Waals surface area contributed by atoms with Crippen LogP contribution >= 0.6 is 0 Å². The molecule has 88 valence electrons. The fourth-order valence-electron chi connectivity index (χ4n) is 4.05. The molecule has 1 saturated carbocycles. The van der Waals surface area contributed by atoms with Crippen LogP contribution < -0.4 is 0 Å². The van der Waals surface area contributed by atoms with Crippen LogP contribution in [0.5, 0.6) is 0 Å². The van der Waals surface area contributed by atoms with Crippen LogP contribution in [0.3, 0.4) is 0 Å². The Hall–Kier alpha value is -0.520. The van der Waals surface area contributed by atoms with Gasteiger partial charge in [-0.1, -0.05) is 24.3 Å². The summed E-state index contributed by atoms with van der Waals surface area (Å²) in [5.41, 5.74) is 0. The summed E-state index contributed by atoms with van der Waals surface area (Å²) in [6, 6.07) is 0. The van der Waals surface area contributed by atoms with Gasteiger partial charge in [0, 0.05) is 0 Å². The lowest BCUT2D eigenvalue weighted by Crippen LogP contribution is -2.09. The number of hydrogen-bond acceptors (Lipinski definition) is 0. The van der Waals surface area contributed by atoms with Crippen LogP contribution in [0.1, 0.15) is 51.4 Å². The normalized spacial score (nSPS) is 41.5. The van der Waals surface area contributed by atoms with Crippen LogP contribution in [-0.2, 0) is 0 Å². The van der Waals surface area contributed by atoms with E-state index in [4.69, 9.17) is 0 Å². The minimum Gasteiger partial charge on any atom is -0.0885 e. The maximum absolute atomic E-state index is 2.52. The van der Waals surface area contributed by atoms with Crippen molar-refractivity contribution in [2.75, 3.05) is 0 Å². The van der Waals surface area contributed by atoms with Crippen LogP contribution in [0.15, 0.2) is 24.3 Å². The lowest BCUT2D eigenvalue weighted by Gasteiger charge is -2.21. The molecule has 3 aliphatic carbocycles. The molecule has 3 aliphatic rings. The predicted octanol–water partition coefficient (Wildman–Crippen LogP) is 4.73. The van der Waals surface area contributed by atoms with E-state index < -0.39 is 0 Å². The molecule has 0 radical (unpaired) electrons. The maximum Gasteiger partial charge on any atom is -0.0202 e. The number of fused-ring (bicyclic) bond motifs is 2. The average molecular weight is 216 g/mol. The van der Waals surface area contributed by atoms with Crippen molar-refractivity contribution in [3.05, 3.63) is 24.3 Å². The fourth-order valence-corrected chi connectivity index (χ4v) is 4.05. The van der Waals surface area contributed by atoms with Gasteiger partial charge in [-0.05, 0) is 75.0 Å². The van der Waals surface area contributed by atoms with Crippen LogP contribution in [0, 0.1) is 23.7 Å². The Kier molecular flexibility index (Phi) is 3.17. The third-order valence-electron chi connectivity index (χ3n) is 5.02. The molecular weight excluding hydrogens is 192 g/mol. The second-order valence-corrected chi connectivity index (χ2v) is 6.15. The zero-order valence-corrected chi connectivity index (χ0v) is 10.3. The van der Waals surface area contributed by atoms with Crippen LogP contribution in [0.25, 0.3) is 0 Å². The van der Waals surface area contributed by atoms with Gasteiger partial charge in [-0.25, -0.2) is 0 Å². The number of rotatable bonds is 3. The molecule has 0 amide bonds. The summed E-state index contributed by atoms with van der Waals surface area (Å²) in [4.78, 5) is 0. The summed E-state index contributed by atoms with van der Waals surface area (Å²) in [5, 5.41) is 0. The molecule has 2 bridgehead atoms.